The van der Waals surface area contributed by atoms with E-state index < -0.39 is 0 Å². The van der Waals surface area contributed by atoms with E-state index in [1.807, 2.05) is 0 Å². The van der Waals surface area contributed by atoms with E-state index in [4.69, 9.17) is 5.11 Å². The standard InChI is InChI=1S/C6H11NO/c1-2-6(8)5-7-3-4-7/h2,6,8H,1,3-5H2/t6-/m1/s1. The minimum Gasteiger partial charge on any atom is -0.388 e. The van der Waals surface area contributed by atoms with Crippen molar-refractivity contribution in [1.82, 2.24) is 4.90 Å². The normalized spacial score (nSPS) is 22.6. The molecule has 1 rings (SSSR count). The molecule has 1 saturated heterocycles. The SMILES string of the molecule is C=C[C@@H](O)CN1CC1. The number of aliphatic hydroxyl groups is 1. The Morgan fingerprint density at radius 2 is 2.38 bits per heavy atom. The molecule has 1 heterocycles. The van der Waals surface area contributed by atoms with Crippen LogP contribution in [0.2, 0.25) is 0 Å². The van der Waals surface area contributed by atoms with Crippen molar-refractivity contribution in [3.8, 4) is 0 Å². The smallest absolute Gasteiger partial charge is 0.0845 e. The largest absolute Gasteiger partial charge is 0.388 e. The molecular formula is C6H11NO. The minimum atomic E-state index is -0.322. The molecular weight excluding hydrogens is 102 g/mol. The highest BCUT2D eigenvalue weighted by molar-refractivity contribution is 4.85. The van der Waals surface area contributed by atoms with Crippen LogP contribution in [0.5, 0.6) is 0 Å². The lowest BCUT2D eigenvalue weighted by molar-refractivity contribution is 0.200. The van der Waals surface area contributed by atoms with Crippen molar-refractivity contribution < 1.29 is 5.11 Å². The van der Waals surface area contributed by atoms with Crippen LogP contribution in [0.25, 0.3) is 0 Å². The van der Waals surface area contributed by atoms with Crippen LogP contribution < -0.4 is 0 Å². The van der Waals surface area contributed by atoms with Gasteiger partial charge in [0.05, 0.1) is 6.10 Å². The van der Waals surface area contributed by atoms with Crippen LogP contribution in [0.4, 0.5) is 0 Å². The molecule has 1 aliphatic heterocycles. The van der Waals surface area contributed by atoms with E-state index in [0.29, 0.717) is 0 Å². The number of hydrogen-bond acceptors (Lipinski definition) is 2. The molecule has 0 saturated carbocycles. The van der Waals surface area contributed by atoms with Crippen molar-refractivity contribution in [2.24, 2.45) is 0 Å². The summed E-state index contributed by atoms with van der Waals surface area (Å²) in [6, 6.07) is 0. The monoisotopic (exact) mass is 113 g/mol. The third-order valence-electron chi connectivity index (χ3n) is 1.26. The van der Waals surface area contributed by atoms with Crippen LogP contribution in [-0.4, -0.2) is 35.7 Å². The molecule has 0 aromatic heterocycles. The number of hydrogen-bond donors (Lipinski definition) is 1. The van der Waals surface area contributed by atoms with E-state index in [1.165, 1.54) is 0 Å². The first-order valence-corrected chi connectivity index (χ1v) is 2.86. The van der Waals surface area contributed by atoms with E-state index in [9.17, 15) is 0 Å². The molecule has 0 unspecified atom stereocenters. The van der Waals surface area contributed by atoms with E-state index in [-0.39, 0.29) is 6.10 Å². The Balaban J connectivity index is 2.06. The molecule has 1 N–H and O–H groups in total. The molecule has 0 spiro atoms. The van der Waals surface area contributed by atoms with Crippen LogP contribution in [-0.2, 0) is 0 Å². The van der Waals surface area contributed by atoms with Gasteiger partial charge in [-0.2, -0.15) is 0 Å². The fourth-order valence-corrected chi connectivity index (χ4v) is 0.592. The van der Waals surface area contributed by atoms with Gasteiger partial charge in [0.2, 0.25) is 0 Å². The van der Waals surface area contributed by atoms with Gasteiger partial charge in [-0.05, 0) is 0 Å². The minimum absolute atomic E-state index is 0.322. The molecule has 2 nitrogen and oxygen atoms in total. The topological polar surface area (TPSA) is 23.2 Å². The maximum atomic E-state index is 8.91. The summed E-state index contributed by atoms with van der Waals surface area (Å²) in [4.78, 5) is 2.16. The second kappa shape index (κ2) is 2.29. The average Bonchev–Trinajstić information content (AvgIpc) is 2.50. The third-order valence-corrected chi connectivity index (χ3v) is 1.26. The lowest BCUT2D eigenvalue weighted by atomic mass is 10.3. The Bertz CT molecular complexity index is 88.5. The molecule has 2 heteroatoms. The van der Waals surface area contributed by atoms with Crippen LogP contribution in [0.3, 0.4) is 0 Å². The number of β-amino-alcohol motifs (C(OH)–C–C–N with tert-alkyl or cyclic N) is 1. The average molecular weight is 113 g/mol. The lowest BCUT2D eigenvalue weighted by Crippen LogP contribution is -2.15. The highest BCUT2D eigenvalue weighted by Gasteiger charge is 2.18. The summed E-state index contributed by atoms with van der Waals surface area (Å²) < 4.78 is 0. The summed E-state index contributed by atoms with van der Waals surface area (Å²) in [6.45, 7) is 6.52. The molecule has 46 valence electrons. The zero-order valence-corrected chi connectivity index (χ0v) is 4.88. The quantitative estimate of drug-likeness (QED) is 0.406. The Hall–Kier alpha value is -0.340. The second-order valence-electron chi connectivity index (χ2n) is 2.10. The predicted molar refractivity (Wildman–Crippen MR) is 32.6 cm³/mol. The molecule has 0 aromatic carbocycles. The molecule has 1 fully saturated rings. The van der Waals surface area contributed by atoms with Crippen LogP contribution >= 0.6 is 0 Å². The van der Waals surface area contributed by atoms with Gasteiger partial charge in [-0.1, -0.05) is 6.08 Å². The van der Waals surface area contributed by atoms with Crippen molar-refractivity contribution in [3.05, 3.63) is 12.7 Å². The van der Waals surface area contributed by atoms with E-state index in [1.54, 1.807) is 6.08 Å². The highest BCUT2D eigenvalue weighted by atomic mass is 16.3. The molecule has 8 heavy (non-hydrogen) atoms. The van der Waals surface area contributed by atoms with Gasteiger partial charge in [-0.25, -0.2) is 0 Å². The number of nitrogens with zero attached hydrogens (tertiary/aromatic N) is 1. The van der Waals surface area contributed by atoms with Gasteiger partial charge >= 0.3 is 0 Å². The zero-order valence-electron chi connectivity index (χ0n) is 4.88. The van der Waals surface area contributed by atoms with Gasteiger partial charge in [0.25, 0.3) is 0 Å². The van der Waals surface area contributed by atoms with E-state index >= 15 is 0 Å². The van der Waals surface area contributed by atoms with Crippen LogP contribution in [0.1, 0.15) is 0 Å². The van der Waals surface area contributed by atoms with Gasteiger partial charge in [0, 0.05) is 19.6 Å². The first-order chi connectivity index (χ1) is 3.83. The Morgan fingerprint density at radius 3 is 2.75 bits per heavy atom. The van der Waals surface area contributed by atoms with Crippen molar-refractivity contribution in [1.29, 1.82) is 0 Å². The maximum Gasteiger partial charge on any atom is 0.0845 e. The summed E-state index contributed by atoms with van der Waals surface area (Å²) in [7, 11) is 0. The lowest BCUT2D eigenvalue weighted by Gasteiger charge is -2.02. The van der Waals surface area contributed by atoms with Crippen LogP contribution in [0.15, 0.2) is 12.7 Å². The fourth-order valence-electron chi connectivity index (χ4n) is 0.592. The summed E-state index contributed by atoms with van der Waals surface area (Å²) in [5.41, 5.74) is 0. The Kier molecular flexibility index (Phi) is 1.65. The van der Waals surface area contributed by atoms with E-state index in [2.05, 4.69) is 11.5 Å². The summed E-state index contributed by atoms with van der Waals surface area (Å²) in [6.07, 6.45) is 1.25. The molecule has 1 atom stereocenters. The third kappa shape index (κ3) is 1.64. The van der Waals surface area contributed by atoms with Crippen molar-refractivity contribution >= 4 is 0 Å². The summed E-state index contributed by atoms with van der Waals surface area (Å²) >= 11 is 0. The van der Waals surface area contributed by atoms with Gasteiger partial charge in [0.1, 0.15) is 0 Å². The van der Waals surface area contributed by atoms with Crippen LogP contribution in [0, 0.1) is 0 Å². The van der Waals surface area contributed by atoms with Crippen molar-refractivity contribution in [2.75, 3.05) is 19.6 Å². The van der Waals surface area contributed by atoms with Crippen molar-refractivity contribution in [3.63, 3.8) is 0 Å². The molecule has 0 aromatic rings. The summed E-state index contributed by atoms with van der Waals surface area (Å²) in [5, 5.41) is 8.91. The molecule has 0 aliphatic carbocycles. The number of aliphatic hydroxyl groups excluding tert-OH is 1. The van der Waals surface area contributed by atoms with Gasteiger partial charge in [-0.15, -0.1) is 6.58 Å². The zero-order chi connectivity index (χ0) is 5.98. The number of rotatable bonds is 3. The van der Waals surface area contributed by atoms with Crippen molar-refractivity contribution in [2.45, 2.75) is 6.10 Å². The Labute approximate surface area is 49.4 Å². The molecule has 0 radical (unpaired) electrons. The highest BCUT2D eigenvalue weighted by Crippen LogP contribution is 2.03. The summed E-state index contributed by atoms with van der Waals surface area (Å²) in [5.74, 6) is 0. The molecule has 0 amide bonds. The van der Waals surface area contributed by atoms with E-state index in [0.717, 1.165) is 19.6 Å². The van der Waals surface area contributed by atoms with Gasteiger partial charge in [0.15, 0.2) is 0 Å². The first kappa shape index (κ1) is 5.79. The van der Waals surface area contributed by atoms with Gasteiger partial charge < -0.3 is 5.11 Å². The molecule has 1 aliphatic rings. The first-order valence-electron chi connectivity index (χ1n) is 2.86. The predicted octanol–water partition coefficient (Wildman–Crippen LogP) is -0.151. The molecule has 0 bridgehead atoms. The Morgan fingerprint density at radius 1 is 1.75 bits per heavy atom. The second-order valence-corrected chi connectivity index (χ2v) is 2.10. The maximum absolute atomic E-state index is 8.91. The fraction of sp³-hybridized carbons (Fsp3) is 0.667. The van der Waals surface area contributed by atoms with Gasteiger partial charge in [-0.3, -0.25) is 4.90 Å².